The largest absolute Gasteiger partial charge is 0.465 e. The zero-order valence-corrected chi connectivity index (χ0v) is 14.6. The molecule has 24 heavy (non-hydrogen) atoms. The minimum Gasteiger partial charge on any atom is -0.465 e. The molecule has 0 N–H and O–H groups in total. The molecular weight excluding hydrogens is 308 g/mol. The lowest BCUT2D eigenvalue weighted by atomic mass is 9.75. The van der Waals surface area contributed by atoms with E-state index in [2.05, 4.69) is 20.8 Å². The van der Waals surface area contributed by atoms with E-state index in [9.17, 15) is 9.59 Å². The van der Waals surface area contributed by atoms with Crippen LogP contribution < -0.4 is 0 Å². The van der Waals surface area contributed by atoms with Crippen molar-refractivity contribution in [3.8, 4) is 0 Å². The fourth-order valence-electron chi connectivity index (χ4n) is 3.17. The summed E-state index contributed by atoms with van der Waals surface area (Å²) in [6.45, 7) is 6.12. The molecule has 0 amide bonds. The van der Waals surface area contributed by atoms with Gasteiger partial charge in [-0.2, -0.15) is 0 Å². The van der Waals surface area contributed by atoms with Crippen LogP contribution in [0.3, 0.4) is 0 Å². The Kier molecular flexibility index (Phi) is 6.64. The van der Waals surface area contributed by atoms with Crippen LogP contribution in [-0.4, -0.2) is 24.6 Å². The molecule has 1 aromatic rings. The Balaban J connectivity index is 1.78. The molecule has 0 radical (unpaired) electrons. The average Bonchev–Trinajstić information content (AvgIpc) is 3.04. The van der Waals surface area contributed by atoms with Crippen LogP contribution in [0.4, 0.5) is 0 Å². The van der Waals surface area contributed by atoms with Gasteiger partial charge in [-0.25, -0.2) is 9.59 Å². The van der Waals surface area contributed by atoms with Gasteiger partial charge in [-0.1, -0.05) is 27.2 Å². The molecule has 0 unspecified atom stereocenters. The minimum absolute atomic E-state index is 0.0846. The highest BCUT2D eigenvalue weighted by Gasteiger charge is 2.33. The maximum atomic E-state index is 12.0. The summed E-state index contributed by atoms with van der Waals surface area (Å²) >= 11 is 0. The van der Waals surface area contributed by atoms with Crippen molar-refractivity contribution in [2.45, 2.75) is 46.1 Å². The molecule has 1 fully saturated rings. The van der Waals surface area contributed by atoms with E-state index in [4.69, 9.17) is 13.9 Å². The Labute approximate surface area is 143 Å². The lowest BCUT2D eigenvalue weighted by Crippen LogP contribution is -2.36. The molecule has 132 valence electrons. The zero-order valence-electron chi connectivity index (χ0n) is 14.6. The predicted octanol–water partition coefficient (Wildman–Crippen LogP) is 3.84. The van der Waals surface area contributed by atoms with Gasteiger partial charge in [0.1, 0.15) is 11.9 Å². The smallest absolute Gasteiger partial charge is 0.344 e. The van der Waals surface area contributed by atoms with Gasteiger partial charge in [-0.15, -0.1) is 0 Å². The molecule has 0 spiro atoms. The van der Waals surface area contributed by atoms with Gasteiger partial charge in [-0.05, 0) is 48.8 Å². The molecule has 1 saturated carbocycles. The predicted molar refractivity (Wildman–Crippen MR) is 89.9 cm³/mol. The molecule has 0 aliphatic heterocycles. The highest BCUT2D eigenvalue weighted by atomic mass is 16.6. The standard InChI is InChI=1S/C19H26O5/c1-13(2)16-8-6-14(3)11-17(16)24-19(21)12-23-18(20)9-7-15-5-4-10-22-15/h4-5,7,9-10,13-14,16-17H,6,8,11-12H2,1-3H3/b9-7+/t14-,16+,17-/m1/s1. The molecule has 1 aliphatic rings. The van der Waals surface area contributed by atoms with Gasteiger partial charge in [0.05, 0.1) is 6.26 Å². The summed E-state index contributed by atoms with van der Waals surface area (Å²) in [6.07, 6.45) is 7.27. The molecule has 2 rings (SSSR count). The molecule has 5 nitrogen and oxygen atoms in total. The van der Waals surface area contributed by atoms with Crippen molar-refractivity contribution in [3.05, 3.63) is 30.2 Å². The van der Waals surface area contributed by atoms with Crippen molar-refractivity contribution in [2.24, 2.45) is 17.8 Å². The van der Waals surface area contributed by atoms with E-state index >= 15 is 0 Å². The van der Waals surface area contributed by atoms with Crippen LogP contribution in [0.5, 0.6) is 0 Å². The molecule has 1 aliphatic carbocycles. The van der Waals surface area contributed by atoms with E-state index in [-0.39, 0.29) is 12.7 Å². The van der Waals surface area contributed by atoms with Crippen molar-refractivity contribution in [2.75, 3.05) is 6.61 Å². The van der Waals surface area contributed by atoms with Crippen LogP contribution in [0.15, 0.2) is 28.9 Å². The first-order valence-electron chi connectivity index (χ1n) is 8.53. The number of ether oxygens (including phenoxy) is 2. The van der Waals surface area contributed by atoms with E-state index in [0.29, 0.717) is 23.5 Å². The number of rotatable bonds is 6. The summed E-state index contributed by atoms with van der Waals surface area (Å²) in [5, 5.41) is 0. The molecule has 0 aromatic carbocycles. The van der Waals surface area contributed by atoms with Crippen molar-refractivity contribution in [1.29, 1.82) is 0 Å². The summed E-state index contributed by atoms with van der Waals surface area (Å²) in [6, 6.07) is 3.44. The third-order valence-electron chi connectivity index (χ3n) is 4.50. The summed E-state index contributed by atoms with van der Waals surface area (Å²) < 4.78 is 15.6. The first-order valence-corrected chi connectivity index (χ1v) is 8.53. The molecule has 5 heteroatoms. The second kappa shape index (κ2) is 8.71. The van der Waals surface area contributed by atoms with Gasteiger partial charge in [0.2, 0.25) is 0 Å². The number of hydrogen-bond acceptors (Lipinski definition) is 5. The maximum absolute atomic E-state index is 12.0. The van der Waals surface area contributed by atoms with E-state index in [1.807, 2.05) is 0 Å². The SMILES string of the molecule is CC(C)[C@@H]1CC[C@@H](C)C[C@H]1OC(=O)COC(=O)/C=C/c1ccco1. The van der Waals surface area contributed by atoms with Crippen LogP contribution in [0.1, 0.15) is 45.8 Å². The van der Waals surface area contributed by atoms with Crippen LogP contribution in [0.25, 0.3) is 6.08 Å². The van der Waals surface area contributed by atoms with Gasteiger partial charge in [0.15, 0.2) is 6.61 Å². The molecule has 0 saturated heterocycles. The van der Waals surface area contributed by atoms with Gasteiger partial charge in [0, 0.05) is 6.08 Å². The Morgan fingerprint density at radius 2 is 2.17 bits per heavy atom. The number of furan rings is 1. The topological polar surface area (TPSA) is 65.7 Å². The van der Waals surface area contributed by atoms with Gasteiger partial charge in [0.25, 0.3) is 0 Å². The van der Waals surface area contributed by atoms with Crippen molar-refractivity contribution in [3.63, 3.8) is 0 Å². The first kappa shape index (κ1) is 18.3. The Hall–Kier alpha value is -2.04. The fraction of sp³-hybridized carbons (Fsp3) is 0.579. The quantitative estimate of drug-likeness (QED) is 0.584. The lowest BCUT2D eigenvalue weighted by molar-refractivity contribution is -0.165. The monoisotopic (exact) mass is 334 g/mol. The number of carbonyl (C=O) groups is 2. The molecule has 1 aromatic heterocycles. The maximum Gasteiger partial charge on any atom is 0.344 e. The van der Waals surface area contributed by atoms with Crippen molar-refractivity contribution >= 4 is 18.0 Å². The Bertz CT molecular complexity index is 558. The van der Waals surface area contributed by atoms with E-state index in [0.717, 1.165) is 12.8 Å². The second-order valence-corrected chi connectivity index (χ2v) is 6.81. The molecule has 3 atom stereocenters. The summed E-state index contributed by atoms with van der Waals surface area (Å²) in [4.78, 5) is 23.6. The number of esters is 2. The van der Waals surface area contributed by atoms with E-state index in [1.165, 1.54) is 24.8 Å². The summed E-state index contributed by atoms with van der Waals surface area (Å²) in [7, 11) is 0. The van der Waals surface area contributed by atoms with Gasteiger partial charge < -0.3 is 13.9 Å². The number of carbonyl (C=O) groups excluding carboxylic acids is 2. The van der Waals surface area contributed by atoms with Crippen LogP contribution in [0.2, 0.25) is 0 Å². The Morgan fingerprint density at radius 1 is 1.38 bits per heavy atom. The van der Waals surface area contributed by atoms with Crippen molar-refractivity contribution in [1.82, 2.24) is 0 Å². The average molecular weight is 334 g/mol. The van der Waals surface area contributed by atoms with Gasteiger partial charge >= 0.3 is 11.9 Å². The van der Waals surface area contributed by atoms with E-state index < -0.39 is 11.9 Å². The summed E-state index contributed by atoms with van der Waals surface area (Å²) in [5.74, 6) is 0.858. The fourth-order valence-corrected chi connectivity index (χ4v) is 3.17. The lowest BCUT2D eigenvalue weighted by Gasteiger charge is -2.36. The highest BCUT2D eigenvalue weighted by Crippen LogP contribution is 2.35. The molecule has 1 heterocycles. The normalized spacial score (nSPS) is 24.2. The highest BCUT2D eigenvalue weighted by molar-refractivity contribution is 5.88. The number of hydrogen-bond donors (Lipinski definition) is 0. The minimum atomic E-state index is -0.597. The van der Waals surface area contributed by atoms with Gasteiger partial charge in [-0.3, -0.25) is 0 Å². The first-order chi connectivity index (χ1) is 11.5. The van der Waals surface area contributed by atoms with Crippen molar-refractivity contribution < 1.29 is 23.5 Å². The van der Waals surface area contributed by atoms with E-state index in [1.54, 1.807) is 12.1 Å². The molecule has 0 bridgehead atoms. The van der Waals surface area contributed by atoms with Crippen LogP contribution >= 0.6 is 0 Å². The Morgan fingerprint density at radius 3 is 2.83 bits per heavy atom. The zero-order chi connectivity index (χ0) is 17.5. The second-order valence-electron chi connectivity index (χ2n) is 6.81. The third kappa shape index (κ3) is 5.55. The van der Waals surface area contributed by atoms with Crippen LogP contribution in [-0.2, 0) is 19.1 Å². The summed E-state index contributed by atoms with van der Waals surface area (Å²) in [5.41, 5.74) is 0. The molecular formula is C19H26O5. The van der Waals surface area contributed by atoms with Crippen LogP contribution in [0, 0.1) is 17.8 Å². The third-order valence-corrected chi connectivity index (χ3v) is 4.50.